The standard InChI is InChI=1S/C25H28ClN5O5S/c1-3-37(34,35)30(19-9-11-21(36-2)12-10-19)18-23(32)28-13-15-29(16-14-28)24-22(26)17-27-31(25(24)33)20-7-5-4-6-8-20/h4-12,17H,3,13-16,18H2,1-2H3. The zero-order valence-electron chi connectivity index (χ0n) is 20.6. The molecule has 1 saturated heterocycles. The monoisotopic (exact) mass is 545 g/mol. The van der Waals surface area contributed by atoms with Crippen LogP contribution < -0.4 is 19.5 Å². The Bertz CT molecular complexity index is 1410. The van der Waals surface area contributed by atoms with Gasteiger partial charge in [-0.05, 0) is 43.3 Å². The number of anilines is 2. The number of rotatable bonds is 8. The fourth-order valence-corrected chi connectivity index (χ4v) is 5.43. The van der Waals surface area contributed by atoms with Gasteiger partial charge in [0.25, 0.3) is 5.56 Å². The molecule has 12 heteroatoms. The quantitative estimate of drug-likeness (QED) is 0.428. The number of methoxy groups -OCH3 is 1. The highest BCUT2D eigenvalue weighted by Crippen LogP contribution is 2.24. The molecule has 0 saturated carbocycles. The van der Waals surface area contributed by atoms with E-state index in [0.29, 0.717) is 49.0 Å². The Morgan fingerprint density at radius 3 is 2.30 bits per heavy atom. The lowest BCUT2D eigenvalue weighted by atomic mass is 10.2. The lowest BCUT2D eigenvalue weighted by molar-refractivity contribution is -0.129. The maximum absolute atomic E-state index is 13.2. The summed E-state index contributed by atoms with van der Waals surface area (Å²) in [6, 6.07) is 15.6. The molecule has 0 radical (unpaired) electrons. The van der Waals surface area contributed by atoms with Crippen molar-refractivity contribution in [1.82, 2.24) is 14.7 Å². The molecule has 0 atom stereocenters. The number of aromatic nitrogens is 2. The molecule has 0 bridgehead atoms. The first-order chi connectivity index (χ1) is 17.7. The zero-order chi connectivity index (χ0) is 26.6. The number of benzene rings is 2. The molecule has 4 rings (SSSR count). The minimum Gasteiger partial charge on any atom is -0.497 e. The third-order valence-corrected chi connectivity index (χ3v) is 8.21. The second-order valence-electron chi connectivity index (χ2n) is 8.37. The second kappa shape index (κ2) is 11.2. The van der Waals surface area contributed by atoms with Gasteiger partial charge in [0.1, 0.15) is 18.0 Å². The van der Waals surface area contributed by atoms with Crippen molar-refractivity contribution >= 4 is 38.9 Å². The van der Waals surface area contributed by atoms with E-state index in [1.165, 1.54) is 24.9 Å². The van der Waals surface area contributed by atoms with E-state index >= 15 is 0 Å². The predicted molar refractivity (Wildman–Crippen MR) is 143 cm³/mol. The Labute approximate surface area is 220 Å². The number of nitrogens with zero attached hydrogens (tertiary/aromatic N) is 5. The summed E-state index contributed by atoms with van der Waals surface area (Å²) in [7, 11) is -2.17. The lowest BCUT2D eigenvalue weighted by Gasteiger charge is -2.37. The van der Waals surface area contributed by atoms with E-state index in [9.17, 15) is 18.0 Å². The summed E-state index contributed by atoms with van der Waals surface area (Å²) in [5, 5.41) is 4.39. The molecule has 0 N–H and O–H groups in total. The number of para-hydroxylation sites is 1. The van der Waals surface area contributed by atoms with Crippen LogP contribution >= 0.6 is 11.6 Å². The number of amides is 1. The minimum atomic E-state index is -3.70. The molecular weight excluding hydrogens is 518 g/mol. The summed E-state index contributed by atoms with van der Waals surface area (Å²) in [6.07, 6.45) is 1.44. The van der Waals surface area contributed by atoms with Crippen LogP contribution in [0.15, 0.2) is 65.6 Å². The van der Waals surface area contributed by atoms with E-state index in [0.717, 1.165) is 4.31 Å². The molecule has 1 aliphatic heterocycles. The van der Waals surface area contributed by atoms with Gasteiger partial charge < -0.3 is 14.5 Å². The van der Waals surface area contributed by atoms with Crippen LogP contribution in [0.5, 0.6) is 5.75 Å². The molecular formula is C25H28ClN5O5S. The fraction of sp³-hybridized carbons (Fsp3) is 0.320. The summed E-state index contributed by atoms with van der Waals surface area (Å²) >= 11 is 6.37. The van der Waals surface area contributed by atoms with E-state index < -0.39 is 10.0 Å². The first-order valence-electron chi connectivity index (χ1n) is 11.8. The highest BCUT2D eigenvalue weighted by molar-refractivity contribution is 7.92. The zero-order valence-corrected chi connectivity index (χ0v) is 22.2. The SMILES string of the molecule is CCS(=O)(=O)N(CC(=O)N1CCN(c2c(Cl)cnn(-c3ccccc3)c2=O)CC1)c1ccc(OC)cc1. The van der Waals surface area contributed by atoms with Crippen LogP contribution in [0.1, 0.15) is 6.92 Å². The molecule has 1 aliphatic rings. The van der Waals surface area contributed by atoms with Crippen molar-refractivity contribution < 1.29 is 17.9 Å². The maximum atomic E-state index is 13.2. The van der Waals surface area contributed by atoms with Crippen LogP contribution in [-0.2, 0) is 14.8 Å². The normalized spacial score (nSPS) is 13.9. The van der Waals surface area contributed by atoms with Gasteiger partial charge >= 0.3 is 0 Å². The number of hydrogen-bond donors (Lipinski definition) is 0. The van der Waals surface area contributed by atoms with Crippen molar-refractivity contribution in [3.05, 3.63) is 76.2 Å². The largest absolute Gasteiger partial charge is 0.497 e. The van der Waals surface area contributed by atoms with Crippen molar-refractivity contribution in [2.24, 2.45) is 0 Å². The average Bonchev–Trinajstić information content (AvgIpc) is 2.92. The van der Waals surface area contributed by atoms with Crippen LogP contribution in [-0.4, -0.2) is 74.6 Å². The van der Waals surface area contributed by atoms with E-state index in [1.807, 2.05) is 23.1 Å². The van der Waals surface area contributed by atoms with E-state index in [-0.39, 0.29) is 28.8 Å². The van der Waals surface area contributed by atoms with Crippen molar-refractivity contribution in [3.8, 4) is 11.4 Å². The fourth-order valence-electron chi connectivity index (χ4n) is 4.12. The summed E-state index contributed by atoms with van der Waals surface area (Å²) < 4.78 is 33.1. The Morgan fingerprint density at radius 2 is 1.70 bits per heavy atom. The first kappa shape index (κ1) is 26.5. The van der Waals surface area contributed by atoms with Crippen molar-refractivity contribution in [2.75, 3.05) is 54.8 Å². The molecule has 1 fully saturated rings. The summed E-state index contributed by atoms with van der Waals surface area (Å²) in [5.74, 6) is 0.116. The number of ether oxygens (including phenoxy) is 1. The molecule has 196 valence electrons. The van der Waals surface area contributed by atoms with E-state index in [1.54, 1.807) is 41.3 Å². The number of sulfonamides is 1. The van der Waals surface area contributed by atoms with Crippen LogP contribution in [0, 0.1) is 0 Å². The summed E-state index contributed by atoms with van der Waals surface area (Å²) in [6.45, 7) is 2.57. The minimum absolute atomic E-state index is 0.145. The van der Waals surface area contributed by atoms with Crippen molar-refractivity contribution in [1.29, 1.82) is 0 Å². The van der Waals surface area contributed by atoms with Crippen molar-refractivity contribution in [2.45, 2.75) is 6.92 Å². The first-order valence-corrected chi connectivity index (χ1v) is 13.7. The van der Waals surface area contributed by atoms with Crippen LogP contribution in [0.25, 0.3) is 5.69 Å². The molecule has 2 heterocycles. The molecule has 3 aromatic rings. The van der Waals surface area contributed by atoms with Gasteiger partial charge in [0, 0.05) is 26.2 Å². The van der Waals surface area contributed by atoms with E-state index in [2.05, 4.69) is 5.10 Å². The van der Waals surface area contributed by atoms with Gasteiger partial charge in [-0.1, -0.05) is 29.8 Å². The second-order valence-corrected chi connectivity index (χ2v) is 11.0. The average molecular weight is 546 g/mol. The summed E-state index contributed by atoms with van der Waals surface area (Å²) in [4.78, 5) is 29.8. The van der Waals surface area contributed by atoms with Crippen LogP contribution in [0.2, 0.25) is 5.02 Å². The number of carbonyl (C=O) groups excluding carboxylic acids is 1. The number of piperazine rings is 1. The van der Waals surface area contributed by atoms with Gasteiger partial charge in [-0.15, -0.1) is 0 Å². The van der Waals surface area contributed by atoms with Gasteiger partial charge in [-0.3, -0.25) is 13.9 Å². The number of halogens is 1. The smallest absolute Gasteiger partial charge is 0.296 e. The van der Waals surface area contributed by atoms with Crippen LogP contribution in [0.4, 0.5) is 11.4 Å². The number of carbonyl (C=O) groups is 1. The van der Waals surface area contributed by atoms with Crippen LogP contribution in [0.3, 0.4) is 0 Å². The maximum Gasteiger partial charge on any atom is 0.296 e. The topological polar surface area (TPSA) is 105 Å². The Hall–Kier alpha value is -3.57. The van der Waals surface area contributed by atoms with Gasteiger partial charge in [-0.25, -0.2) is 8.42 Å². The molecule has 0 aliphatic carbocycles. The number of hydrogen-bond acceptors (Lipinski definition) is 7. The Kier molecular flexibility index (Phi) is 8.03. The molecule has 10 nitrogen and oxygen atoms in total. The Morgan fingerprint density at radius 1 is 1.05 bits per heavy atom. The van der Waals surface area contributed by atoms with Crippen molar-refractivity contribution in [3.63, 3.8) is 0 Å². The molecule has 37 heavy (non-hydrogen) atoms. The molecule has 1 aromatic heterocycles. The Balaban J connectivity index is 1.49. The third kappa shape index (κ3) is 5.72. The molecule has 0 spiro atoms. The van der Waals surface area contributed by atoms with Gasteiger partial charge in [0.15, 0.2) is 0 Å². The molecule has 0 unspecified atom stereocenters. The van der Waals surface area contributed by atoms with Gasteiger partial charge in [-0.2, -0.15) is 9.78 Å². The highest BCUT2D eigenvalue weighted by atomic mass is 35.5. The molecule has 2 aromatic carbocycles. The molecule has 1 amide bonds. The van der Waals surface area contributed by atoms with E-state index in [4.69, 9.17) is 16.3 Å². The third-order valence-electron chi connectivity index (χ3n) is 6.20. The highest BCUT2D eigenvalue weighted by Gasteiger charge is 2.29. The van der Waals surface area contributed by atoms with Gasteiger partial charge in [0.2, 0.25) is 15.9 Å². The summed E-state index contributed by atoms with van der Waals surface area (Å²) in [5.41, 5.74) is 0.980. The lowest BCUT2D eigenvalue weighted by Crippen LogP contribution is -2.53. The predicted octanol–water partition coefficient (Wildman–Crippen LogP) is 2.40. The van der Waals surface area contributed by atoms with Gasteiger partial charge in [0.05, 0.1) is 35.5 Å².